The van der Waals surface area contributed by atoms with Gasteiger partial charge in [0.25, 0.3) is 5.56 Å². The summed E-state index contributed by atoms with van der Waals surface area (Å²) in [5.41, 5.74) is 0.480. The third-order valence-corrected chi connectivity index (χ3v) is 2.66. The molecule has 0 fully saturated rings. The van der Waals surface area contributed by atoms with Gasteiger partial charge >= 0.3 is 0 Å². The smallest absolute Gasteiger partial charge is 0.255 e. The van der Waals surface area contributed by atoms with E-state index in [0.717, 1.165) is 16.3 Å². The van der Waals surface area contributed by atoms with Gasteiger partial charge in [-0.25, -0.2) is 0 Å². The largest absolute Gasteiger partial charge is 0.329 e. The highest BCUT2D eigenvalue weighted by Gasteiger charge is 2.02. The van der Waals surface area contributed by atoms with Crippen LogP contribution in [0.2, 0.25) is 0 Å². The molecule has 0 amide bonds. The molecule has 78 valence electrons. The number of rotatable bonds is 0. The van der Waals surface area contributed by atoms with Gasteiger partial charge in [0.2, 0.25) is 5.56 Å². The van der Waals surface area contributed by atoms with Gasteiger partial charge in [-0.05, 0) is 29.7 Å². The van der Waals surface area contributed by atoms with Crippen LogP contribution in [0.3, 0.4) is 0 Å². The highest BCUT2D eigenvalue weighted by Crippen LogP contribution is 2.19. The van der Waals surface area contributed by atoms with Crippen molar-refractivity contribution in [2.45, 2.75) is 0 Å². The molecule has 2 aromatic heterocycles. The minimum atomic E-state index is -0.142. The third-order valence-electron chi connectivity index (χ3n) is 2.66. The van der Waals surface area contributed by atoms with E-state index >= 15 is 0 Å². The molecule has 0 spiro atoms. The van der Waals surface area contributed by atoms with E-state index in [9.17, 15) is 9.59 Å². The SMILES string of the molecule is O=c1ccc2c(ccc3c(=O)[nH]ccc32)[nH]1. The van der Waals surface area contributed by atoms with Crippen molar-refractivity contribution in [3.63, 3.8) is 0 Å². The molecule has 0 aliphatic rings. The van der Waals surface area contributed by atoms with E-state index in [0.29, 0.717) is 5.39 Å². The quantitative estimate of drug-likeness (QED) is 0.553. The lowest BCUT2D eigenvalue weighted by Gasteiger charge is -2.01. The Morgan fingerprint density at radius 1 is 0.812 bits per heavy atom. The lowest BCUT2D eigenvalue weighted by molar-refractivity contribution is 1.27. The molecule has 0 radical (unpaired) electrons. The molecule has 0 saturated heterocycles. The number of aromatic amines is 2. The maximum atomic E-state index is 11.6. The van der Waals surface area contributed by atoms with Crippen LogP contribution < -0.4 is 11.1 Å². The van der Waals surface area contributed by atoms with Crippen LogP contribution in [0, 0.1) is 0 Å². The highest BCUT2D eigenvalue weighted by molar-refractivity contribution is 6.05. The van der Waals surface area contributed by atoms with Crippen LogP contribution >= 0.6 is 0 Å². The van der Waals surface area contributed by atoms with Crippen LogP contribution in [0.15, 0.2) is 46.1 Å². The molecule has 0 unspecified atom stereocenters. The molecule has 0 bridgehead atoms. The first kappa shape index (κ1) is 8.91. The second-order valence-electron chi connectivity index (χ2n) is 3.62. The number of hydrogen-bond acceptors (Lipinski definition) is 2. The summed E-state index contributed by atoms with van der Waals surface area (Å²) in [6.07, 6.45) is 1.61. The predicted octanol–water partition coefficient (Wildman–Crippen LogP) is 1.37. The van der Waals surface area contributed by atoms with Gasteiger partial charge in [-0.15, -0.1) is 0 Å². The summed E-state index contributed by atoms with van der Waals surface area (Å²) in [6, 6.07) is 8.48. The van der Waals surface area contributed by atoms with E-state index in [1.54, 1.807) is 24.4 Å². The molecule has 4 heteroatoms. The average molecular weight is 212 g/mol. The molecule has 3 aromatic rings. The fraction of sp³-hybridized carbons (Fsp3) is 0. The van der Waals surface area contributed by atoms with Crippen molar-refractivity contribution in [2.75, 3.05) is 0 Å². The number of aromatic nitrogens is 2. The van der Waals surface area contributed by atoms with Gasteiger partial charge < -0.3 is 9.97 Å². The van der Waals surface area contributed by atoms with Gasteiger partial charge in [0.05, 0.1) is 0 Å². The normalized spacial score (nSPS) is 11.0. The third kappa shape index (κ3) is 1.16. The van der Waals surface area contributed by atoms with E-state index in [2.05, 4.69) is 9.97 Å². The Morgan fingerprint density at radius 3 is 2.50 bits per heavy atom. The molecule has 2 heterocycles. The minimum absolute atomic E-state index is 0.120. The number of H-pyrrole nitrogens is 2. The molecule has 3 rings (SSSR count). The van der Waals surface area contributed by atoms with E-state index < -0.39 is 0 Å². The molecule has 2 N–H and O–H groups in total. The monoisotopic (exact) mass is 212 g/mol. The first-order valence-electron chi connectivity index (χ1n) is 4.89. The molecule has 0 atom stereocenters. The Morgan fingerprint density at radius 2 is 1.62 bits per heavy atom. The second kappa shape index (κ2) is 3.06. The summed E-state index contributed by atoms with van der Waals surface area (Å²) in [5.74, 6) is 0. The fourth-order valence-corrected chi connectivity index (χ4v) is 1.91. The molecule has 4 nitrogen and oxygen atoms in total. The molecule has 1 aromatic carbocycles. The van der Waals surface area contributed by atoms with Gasteiger partial charge in [-0.3, -0.25) is 9.59 Å². The van der Waals surface area contributed by atoms with Crippen LogP contribution in [0.25, 0.3) is 21.7 Å². The van der Waals surface area contributed by atoms with Crippen LogP contribution in [0.1, 0.15) is 0 Å². The average Bonchev–Trinajstić information content (AvgIpc) is 2.28. The summed E-state index contributed by atoms with van der Waals surface area (Å²) in [7, 11) is 0. The predicted molar refractivity (Wildman–Crippen MR) is 62.7 cm³/mol. The van der Waals surface area contributed by atoms with E-state index in [1.165, 1.54) is 6.07 Å². The maximum Gasteiger partial charge on any atom is 0.255 e. The van der Waals surface area contributed by atoms with Crippen LogP contribution in [0.4, 0.5) is 0 Å². The fourth-order valence-electron chi connectivity index (χ4n) is 1.91. The Bertz CT molecular complexity index is 799. The van der Waals surface area contributed by atoms with Crippen LogP contribution in [0.5, 0.6) is 0 Å². The molecule has 0 aliphatic carbocycles. The van der Waals surface area contributed by atoms with E-state index in [4.69, 9.17) is 0 Å². The standard InChI is InChI=1S/C12H8N2O2/c15-11-4-2-8-7-5-6-13-12(16)9(7)1-3-10(8)14-11/h1-6H,(H,13,16)(H,14,15). The zero-order chi connectivity index (χ0) is 11.1. The summed E-state index contributed by atoms with van der Waals surface area (Å²) in [4.78, 5) is 28.1. The zero-order valence-corrected chi connectivity index (χ0v) is 8.28. The van der Waals surface area contributed by atoms with Crippen molar-refractivity contribution in [3.8, 4) is 0 Å². The van der Waals surface area contributed by atoms with E-state index in [-0.39, 0.29) is 11.1 Å². The Labute approximate surface area is 89.6 Å². The Balaban J connectivity index is 2.65. The molecular weight excluding hydrogens is 204 g/mol. The minimum Gasteiger partial charge on any atom is -0.329 e. The molecular formula is C12H8N2O2. The van der Waals surface area contributed by atoms with Gasteiger partial charge in [-0.1, -0.05) is 0 Å². The van der Waals surface area contributed by atoms with Gasteiger partial charge in [-0.2, -0.15) is 0 Å². The summed E-state index contributed by atoms with van der Waals surface area (Å²) in [6.45, 7) is 0. The number of hydrogen-bond donors (Lipinski definition) is 2. The molecule has 0 saturated carbocycles. The second-order valence-corrected chi connectivity index (χ2v) is 3.62. The van der Waals surface area contributed by atoms with Crippen molar-refractivity contribution in [1.29, 1.82) is 0 Å². The highest BCUT2D eigenvalue weighted by atomic mass is 16.1. The number of fused-ring (bicyclic) bond motifs is 3. The molecule has 0 aliphatic heterocycles. The van der Waals surface area contributed by atoms with Crippen LogP contribution in [-0.4, -0.2) is 9.97 Å². The topological polar surface area (TPSA) is 65.7 Å². The van der Waals surface area contributed by atoms with Gasteiger partial charge in [0.1, 0.15) is 0 Å². The van der Waals surface area contributed by atoms with Crippen molar-refractivity contribution in [2.24, 2.45) is 0 Å². The first-order chi connectivity index (χ1) is 7.75. The number of benzene rings is 1. The van der Waals surface area contributed by atoms with Crippen LogP contribution in [-0.2, 0) is 0 Å². The van der Waals surface area contributed by atoms with Crippen molar-refractivity contribution in [1.82, 2.24) is 9.97 Å². The van der Waals surface area contributed by atoms with Gasteiger partial charge in [0.15, 0.2) is 0 Å². The Kier molecular flexibility index (Phi) is 1.71. The van der Waals surface area contributed by atoms with Crippen molar-refractivity contribution in [3.05, 3.63) is 57.2 Å². The number of pyridine rings is 2. The first-order valence-corrected chi connectivity index (χ1v) is 4.89. The maximum absolute atomic E-state index is 11.6. The van der Waals surface area contributed by atoms with Gasteiger partial charge in [0, 0.05) is 28.6 Å². The lowest BCUT2D eigenvalue weighted by Crippen LogP contribution is -2.06. The molecule has 16 heavy (non-hydrogen) atoms. The summed E-state index contributed by atoms with van der Waals surface area (Å²) in [5, 5.41) is 2.35. The Hall–Kier alpha value is -2.36. The zero-order valence-electron chi connectivity index (χ0n) is 8.28. The summed E-state index contributed by atoms with van der Waals surface area (Å²) >= 11 is 0. The lowest BCUT2D eigenvalue weighted by atomic mass is 10.1. The van der Waals surface area contributed by atoms with Crippen molar-refractivity contribution >= 4 is 21.7 Å². The van der Waals surface area contributed by atoms with Crippen molar-refractivity contribution < 1.29 is 0 Å². The summed E-state index contributed by atoms with van der Waals surface area (Å²) < 4.78 is 0. The number of nitrogens with one attached hydrogen (secondary N) is 2. The van der Waals surface area contributed by atoms with E-state index in [1.807, 2.05) is 6.07 Å².